The molecule has 5 nitrogen and oxygen atoms in total. The van der Waals surface area contributed by atoms with Gasteiger partial charge < -0.3 is 14.5 Å². The van der Waals surface area contributed by atoms with Crippen molar-refractivity contribution in [1.29, 1.82) is 0 Å². The summed E-state index contributed by atoms with van der Waals surface area (Å²) in [6.07, 6.45) is 0.911. The maximum atomic E-state index is 12.8. The Balaban J connectivity index is 1.23. The van der Waals surface area contributed by atoms with Gasteiger partial charge in [-0.2, -0.15) is 0 Å². The molecule has 1 aliphatic carbocycles. The number of carbonyl (C=O) groups excluding carboxylic acids is 2. The third kappa shape index (κ3) is 4.93. The summed E-state index contributed by atoms with van der Waals surface area (Å²) >= 11 is 9.29. The summed E-state index contributed by atoms with van der Waals surface area (Å²) in [5, 5.41) is 0.627. The molecular weight excluding hydrogens is 456 g/mol. The quantitative estimate of drug-likeness (QED) is 0.655. The molecule has 152 valence electrons. The Labute approximate surface area is 183 Å². The minimum Gasteiger partial charge on any atom is -0.484 e. The number of hydrogen-bond acceptors (Lipinski definition) is 3. The number of nitrogens with zero attached hydrogens (tertiary/aromatic N) is 2. The topological polar surface area (TPSA) is 49.9 Å². The van der Waals surface area contributed by atoms with Crippen LogP contribution in [-0.2, 0) is 9.59 Å². The molecule has 1 saturated heterocycles. The Morgan fingerprint density at radius 1 is 0.966 bits per heavy atom. The van der Waals surface area contributed by atoms with Crippen LogP contribution in [0.2, 0.25) is 5.02 Å². The van der Waals surface area contributed by atoms with Gasteiger partial charge in [-0.1, -0.05) is 39.7 Å². The Kier molecular flexibility index (Phi) is 6.11. The number of hydrogen-bond donors (Lipinski definition) is 0. The molecule has 7 heteroatoms. The van der Waals surface area contributed by atoms with Crippen LogP contribution in [0.25, 0.3) is 0 Å². The first-order valence-corrected chi connectivity index (χ1v) is 10.9. The molecule has 1 heterocycles. The van der Waals surface area contributed by atoms with Gasteiger partial charge in [0.05, 0.1) is 0 Å². The fraction of sp³-hybridized carbons (Fsp3) is 0.364. The second-order valence-corrected chi connectivity index (χ2v) is 8.80. The molecule has 2 aliphatic rings. The van der Waals surface area contributed by atoms with Crippen LogP contribution >= 0.6 is 27.5 Å². The van der Waals surface area contributed by atoms with Gasteiger partial charge >= 0.3 is 0 Å². The summed E-state index contributed by atoms with van der Waals surface area (Å²) in [6, 6.07) is 15.1. The minimum atomic E-state index is -0.0637. The highest BCUT2D eigenvalue weighted by Crippen LogP contribution is 2.48. The molecule has 0 radical (unpaired) electrons. The molecular formula is C22H22BrClN2O3. The Bertz CT molecular complexity index is 880. The lowest BCUT2D eigenvalue weighted by atomic mass is 10.1. The standard InChI is InChI=1S/C22H22BrClN2O3/c23-16-3-1-15(2-4-16)19-13-20(19)22(28)26-11-9-25(10-12-26)21(27)14-29-18-7-5-17(24)6-8-18/h1-8,19-20H,9-14H2. The number of ether oxygens (including phenoxy) is 1. The SMILES string of the molecule is O=C(COc1ccc(Cl)cc1)N1CCN(C(=O)C2CC2c2ccc(Br)cc2)CC1. The van der Waals surface area contributed by atoms with Gasteiger partial charge in [0.25, 0.3) is 5.91 Å². The largest absolute Gasteiger partial charge is 0.484 e. The number of amides is 2. The highest BCUT2D eigenvalue weighted by molar-refractivity contribution is 9.10. The zero-order valence-corrected chi connectivity index (χ0v) is 18.2. The lowest BCUT2D eigenvalue weighted by Crippen LogP contribution is -2.52. The van der Waals surface area contributed by atoms with Gasteiger partial charge in [0.1, 0.15) is 5.75 Å². The highest BCUT2D eigenvalue weighted by atomic mass is 79.9. The number of halogens is 2. The summed E-state index contributed by atoms with van der Waals surface area (Å²) in [5.41, 5.74) is 1.22. The zero-order valence-electron chi connectivity index (χ0n) is 15.9. The molecule has 0 aromatic heterocycles. The number of carbonyl (C=O) groups is 2. The van der Waals surface area contributed by atoms with Crippen LogP contribution in [0.1, 0.15) is 17.9 Å². The lowest BCUT2D eigenvalue weighted by Gasteiger charge is -2.35. The maximum Gasteiger partial charge on any atom is 0.260 e. The van der Waals surface area contributed by atoms with Crippen molar-refractivity contribution in [2.75, 3.05) is 32.8 Å². The first-order valence-electron chi connectivity index (χ1n) is 9.71. The average Bonchev–Trinajstić information content (AvgIpc) is 3.54. The Hall–Kier alpha value is -2.05. The molecule has 2 unspecified atom stereocenters. The van der Waals surface area contributed by atoms with Crippen molar-refractivity contribution >= 4 is 39.3 Å². The van der Waals surface area contributed by atoms with Crippen molar-refractivity contribution in [3.63, 3.8) is 0 Å². The predicted octanol–water partition coefficient (Wildman–Crippen LogP) is 3.96. The molecule has 0 N–H and O–H groups in total. The fourth-order valence-corrected chi connectivity index (χ4v) is 4.11. The van der Waals surface area contributed by atoms with Crippen molar-refractivity contribution < 1.29 is 14.3 Å². The second-order valence-electron chi connectivity index (χ2n) is 7.45. The van der Waals surface area contributed by atoms with E-state index in [-0.39, 0.29) is 24.3 Å². The van der Waals surface area contributed by atoms with Crippen molar-refractivity contribution in [2.45, 2.75) is 12.3 Å². The van der Waals surface area contributed by atoms with E-state index >= 15 is 0 Å². The van der Waals surface area contributed by atoms with E-state index in [1.165, 1.54) is 5.56 Å². The molecule has 1 saturated carbocycles. The van der Waals surface area contributed by atoms with Crippen LogP contribution in [0, 0.1) is 5.92 Å². The summed E-state index contributed by atoms with van der Waals surface area (Å²) < 4.78 is 6.58. The summed E-state index contributed by atoms with van der Waals surface area (Å²) in [6.45, 7) is 2.24. The van der Waals surface area contributed by atoms with Crippen molar-refractivity contribution in [1.82, 2.24) is 9.80 Å². The number of piperazine rings is 1. The second kappa shape index (κ2) is 8.76. The van der Waals surface area contributed by atoms with Crippen molar-refractivity contribution in [3.8, 4) is 5.75 Å². The van der Waals surface area contributed by atoms with E-state index < -0.39 is 0 Å². The molecule has 2 aromatic rings. The van der Waals surface area contributed by atoms with Crippen molar-refractivity contribution in [2.24, 2.45) is 5.92 Å². The normalized spacial score (nSPS) is 21.0. The van der Waals surface area contributed by atoms with E-state index in [1.54, 1.807) is 29.2 Å². The van der Waals surface area contributed by atoms with E-state index in [2.05, 4.69) is 28.1 Å². The van der Waals surface area contributed by atoms with Crippen LogP contribution in [0.4, 0.5) is 0 Å². The van der Waals surface area contributed by atoms with E-state index in [0.717, 1.165) is 10.9 Å². The molecule has 2 aromatic carbocycles. The monoisotopic (exact) mass is 476 g/mol. The van der Waals surface area contributed by atoms with Gasteiger partial charge in [-0.3, -0.25) is 9.59 Å². The van der Waals surface area contributed by atoms with Gasteiger partial charge in [0, 0.05) is 41.6 Å². The smallest absolute Gasteiger partial charge is 0.260 e. The van der Waals surface area contributed by atoms with Crippen LogP contribution in [0.3, 0.4) is 0 Å². The van der Waals surface area contributed by atoms with E-state index in [4.69, 9.17) is 16.3 Å². The van der Waals surface area contributed by atoms with Gasteiger partial charge in [-0.25, -0.2) is 0 Å². The molecule has 2 fully saturated rings. The van der Waals surface area contributed by atoms with E-state index in [0.29, 0.717) is 42.9 Å². The van der Waals surface area contributed by atoms with E-state index in [9.17, 15) is 9.59 Å². The van der Waals surface area contributed by atoms with Crippen LogP contribution < -0.4 is 4.74 Å². The number of benzene rings is 2. The third-order valence-electron chi connectivity index (χ3n) is 5.53. The fourth-order valence-electron chi connectivity index (χ4n) is 3.72. The molecule has 1 aliphatic heterocycles. The van der Waals surface area contributed by atoms with Gasteiger partial charge in [0.2, 0.25) is 5.91 Å². The van der Waals surface area contributed by atoms with Crippen molar-refractivity contribution in [3.05, 3.63) is 63.6 Å². The molecule has 4 rings (SSSR count). The van der Waals surface area contributed by atoms with Gasteiger partial charge in [-0.05, 0) is 54.3 Å². The molecule has 0 bridgehead atoms. The molecule has 2 atom stereocenters. The third-order valence-corrected chi connectivity index (χ3v) is 6.31. The Morgan fingerprint density at radius 3 is 2.24 bits per heavy atom. The molecule has 2 amide bonds. The first kappa shape index (κ1) is 20.2. The summed E-state index contributed by atoms with van der Waals surface area (Å²) in [4.78, 5) is 28.9. The van der Waals surface area contributed by atoms with Gasteiger partial charge in [-0.15, -0.1) is 0 Å². The van der Waals surface area contributed by atoms with Gasteiger partial charge in [0.15, 0.2) is 6.61 Å². The average molecular weight is 478 g/mol. The minimum absolute atomic E-state index is 0.0101. The predicted molar refractivity (Wildman–Crippen MR) is 115 cm³/mol. The number of rotatable bonds is 5. The maximum absolute atomic E-state index is 12.8. The van der Waals surface area contributed by atoms with Crippen LogP contribution in [0.5, 0.6) is 5.75 Å². The van der Waals surface area contributed by atoms with E-state index in [1.807, 2.05) is 17.0 Å². The highest BCUT2D eigenvalue weighted by Gasteiger charge is 2.46. The lowest BCUT2D eigenvalue weighted by molar-refractivity contribution is -0.141. The Morgan fingerprint density at radius 2 is 1.59 bits per heavy atom. The van der Waals surface area contributed by atoms with Crippen LogP contribution in [0.15, 0.2) is 53.0 Å². The molecule has 29 heavy (non-hydrogen) atoms. The molecule has 0 spiro atoms. The zero-order chi connectivity index (χ0) is 20.4. The summed E-state index contributed by atoms with van der Waals surface area (Å²) in [7, 11) is 0. The first-order chi connectivity index (χ1) is 14.0. The summed E-state index contributed by atoms with van der Waals surface area (Å²) in [5.74, 6) is 1.16. The van der Waals surface area contributed by atoms with Crippen LogP contribution in [-0.4, -0.2) is 54.4 Å².